The fraction of sp³-hybridized carbons (Fsp3) is 0.100. The van der Waals surface area contributed by atoms with Crippen LogP contribution in [0.4, 0.5) is 0 Å². The number of para-hydroxylation sites is 1. The van der Waals surface area contributed by atoms with Crippen LogP contribution in [-0.2, 0) is 9.63 Å². The number of amides is 1. The van der Waals surface area contributed by atoms with Crippen molar-refractivity contribution in [2.75, 3.05) is 6.61 Å². The van der Waals surface area contributed by atoms with Crippen LogP contribution < -0.4 is 5.48 Å². The zero-order chi connectivity index (χ0) is 12.3. The van der Waals surface area contributed by atoms with Gasteiger partial charge in [0.25, 0.3) is 0 Å². The summed E-state index contributed by atoms with van der Waals surface area (Å²) in [6, 6.07) is 7.32. The standard InChI is InChI=1S/C10H8N2O4S/c13-8(14)5-16-12-9(15)10-11-6-3-1-2-4-7(6)17-10/h1-4H,5H2,(H,12,15)(H,13,14). The first-order chi connectivity index (χ1) is 8.16. The number of aromatic nitrogens is 1. The molecular weight excluding hydrogens is 244 g/mol. The van der Waals surface area contributed by atoms with Gasteiger partial charge in [-0.15, -0.1) is 11.3 Å². The average Bonchev–Trinajstić information content (AvgIpc) is 2.71. The lowest BCUT2D eigenvalue weighted by atomic mass is 10.3. The van der Waals surface area contributed by atoms with Crippen LogP contribution in [0.25, 0.3) is 10.2 Å². The third-order valence-corrected chi connectivity index (χ3v) is 2.88. The number of benzene rings is 1. The molecule has 2 N–H and O–H groups in total. The van der Waals surface area contributed by atoms with Gasteiger partial charge in [-0.25, -0.2) is 15.3 Å². The number of aliphatic carboxylic acids is 1. The van der Waals surface area contributed by atoms with Gasteiger partial charge in [-0.05, 0) is 12.1 Å². The Labute approximate surface area is 99.8 Å². The van der Waals surface area contributed by atoms with Gasteiger partial charge in [-0.3, -0.25) is 9.63 Å². The molecule has 0 atom stereocenters. The van der Waals surface area contributed by atoms with Gasteiger partial charge < -0.3 is 5.11 Å². The Morgan fingerprint density at radius 2 is 2.18 bits per heavy atom. The molecule has 0 saturated heterocycles. The molecule has 0 saturated carbocycles. The number of hydrogen-bond acceptors (Lipinski definition) is 5. The minimum absolute atomic E-state index is 0.233. The van der Waals surface area contributed by atoms with E-state index < -0.39 is 18.5 Å². The highest BCUT2D eigenvalue weighted by molar-refractivity contribution is 7.20. The van der Waals surface area contributed by atoms with Crippen LogP contribution in [0.5, 0.6) is 0 Å². The molecule has 0 spiro atoms. The van der Waals surface area contributed by atoms with Gasteiger partial charge in [0.15, 0.2) is 11.6 Å². The second-order valence-corrected chi connectivity index (χ2v) is 4.13. The minimum atomic E-state index is -1.16. The lowest BCUT2D eigenvalue weighted by Crippen LogP contribution is -2.26. The summed E-state index contributed by atoms with van der Waals surface area (Å²) in [5.74, 6) is -1.71. The van der Waals surface area contributed by atoms with Crippen LogP contribution >= 0.6 is 11.3 Å². The van der Waals surface area contributed by atoms with Gasteiger partial charge in [-0.2, -0.15) is 0 Å². The Hall–Kier alpha value is -1.99. The molecule has 0 unspecified atom stereocenters. The quantitative estimate of drug-likeness (QED) is 0.794. The molecular formula is C10H8N2O4S. The molecule has 7 heteroatoms. The zero-order valence-electron chi connectivity index (χ0n) is 8.54. The predicted molar refractivity (Wildman–Crippen MR) is 60.7 cm³/mol. The van der Waals surface area contributed by atoms with Gasteiger partial charge in [0, 0.05) is 0 Å². The van der Waals surface area contributed by atoms with Gasteiger partial charge in [0.05, 0.1) is 10.2 Å². The van der Waals surface area contributed by atoms with Crippen LogP contribution in [0, 0.1) is 0 Å². The highest BCUT2D eigenvalue weighted by Crippen LogP contribution is 2.21. The SMILES string of the molecule is O=C(O)CONC(=O)c1nc2ccccc2s1. The molecule has 1 aromatic carbocycles. The molecule has 0 bridgehead atoms. The highest BCUT2D eigenvalue weighted by Gasteiger charge is 2.12. The Kier molecular flexibility index (Phi) is 3.31. The van der Waals surface area contributed by atoms with Crippen molar-refractivity contribution in [2.24, 2.45) is 0 Å². The van der Waals surface area contributed by atoms with Crippen LogP contribution in [-0.4, -0.2) is 28.6 Å². The van der Waals surface area contributed by atoms with Gasteiger partial charge >= 0.3 is 11.9 Å². The molecule has 2 rings (SSSR count). The summed E-state index contributed by atoms with van der Waals surface area (Å²) in [5, 5.41) is 8.55. The number of carbonyl (C=O) groups excluding carboxylic acids is 1. The molecule has 1 aromatic heterocycles. The van der Waals surface area contributed by atoms with E-state index in [-0.39, 0.29) is 5.01 Å². The lowest BCUT2D eigenvalue weighted by molar-refractivity contribution is -0.144. The van der Waals surface area contributed by atoms with Crippen molar-refractivity contribution in [2.45, 2.75) is 0 Å². The van der Waals surface area contributed by atoms with Crippen molar-refractivity contribution in [3.63, 3.8) is 0 Å². The number of hydroxylamine groups is 1. The minimum Gasteiger partial charge on any atom is -0.479 e. The molecule has 88 valence electrons. The maximum atomic E-state index is 11.5. The van der Waals surface area contributed by atoms with E-state index in [9.17, 15) is 9.59 Å². The van der Waals surface area contributed by atoms with Crippen LogP contribution in [0.2, 0.25) is 0 Å². The Morgan fingerprint density at radius 1 is 1.41 bits per heavy atom. The van der Waals surface area contributed by atoms with E-state index in [0.29, 0.717) is 0 Å². The number of fused-ring (bicyclic) bond motifs is 1. The Bertz CT molecular complexity index is 533. The van der Waals surface area contributed by atoms with Crippen molar-refractivity contribution >= 4 is 33.4 Å². The monoisotopic (exact) mass is 252 g/mol. The summed E-state index contributed by atoms with van der Waals surface area (Å²) in [4.78, 5) is 30.2. The van der Waals surface area contributed by atoms with E-state index in [1.165, 1.54) is 11.3 Å². The largest absolute Gasteiger partial charge is 0.479 e. The third-order valence-electron chi connectivity index (χ3n) is 1.85. The van der Waals surface area contributed by atoms with Crippen LogP contribution in [0.1, 0.15) is 9.80 Å². The molecule has 2 aromatic rings. The van der Waals surface area contributed by atoms with Crippen molar-refractivity contribution in [1.29, 1.82) is 0 Å². The number of nitrogens with one attached hydrogen (secondary N) is 1. The van der Waals surface area contributed by atoms with E-state index in [4.69, 9.17) is 5.11 Å². The smallest absolute Gasteiger partial charge is 0.332 e. The fourth-order valence-electron chi connectivity index (χ4n) is 1.18. The van der Waals surface area contributed by atoms with E-state index in [0.717, 1.165) is 10.2 Å². The predicted octanol–water partition coefficient (Wildman–Crippen LogP) is 1.04. The maximum Gasteiger partial charge on any atom is 0.332 e. The number of carboxylic acid groups (broad SMARTS) is 1. The van der Waals surface area contributed by atoms with Crippen molar-refractivity contribution in [3.05, 3.63) is 29.3 Å². The second-order valence-electron chi connectivity index (χ2n) is 3.10. The molecule has 0 fully saturated rings. The van der Waals surface area contributed by atoms with Crippen LogP contribution in [0.15, 0.2) is 24.3 Å². The van der Waals surface area contributed by atoms with Gasteiger partial charge in [0.1, 0.15) is 0 Å². The van der Waals surface area contributed by atoms with E-state index >= 15 is 0 Å². The van der Waals surface area contributed by atoms with Crippen molar-refractivity contribution in [3.8, 4) is 0 Å². The summed E-state index contributed by atoms with van der Waals surface area (Å²) in [6.45, 7) is -0.587. The maximum absolute atomic E-state index is 11.5. The average molecular weight is 252 g/mol. The Morgan fingerprint density at radius 3 is 2.88 bits per heavy atom. The first kappa shape index (κ1) is 11.5. The van der Waals surface area contributed by atoms with E-state index in [2.05, 4.69) is 9.82 Å². The first-order valence-corrected chi connectivity index (χ1v) is 5.48. The second kappa shape index (κ2) is 4.89. The number of rotatable bonds is 4. The summed E-state index contributed by atoms with van der Waals surface area (Å²) in [5.41, 5.74) is 2.74. The molecule has 0 aliphatic heterocycles. The van der Waals surface area contributed by atoms with E-state index in [1.54, 1.807) is 6.07 Å². The third kappa shape index (κ3) is 2.77. The van der Waals surface area contributed by atoms with Gasteiger partial charge in [-0.1, -0.05) is 12.1 Å². The summed E-state index contributed by atoms with van der Waals surface area (Å²) < 4.78 is 0.885. The fourth-order valence-corrected chi connectivity index (χ4v) is 2.03. The van der Waals surface area contributed by atoms with Crippen LogP contribution in [0.3, 0.4) is 0 Å². The molecule has 0 radical (unpaired) electrons. The topological polar surface area (TPSA) is 88.5 Å². The van der Waals surface area contributed by atoms with E-state index in [1.807, 2.05) is 23.7 Å². The summed E-state index contributed by atoms with van der Waals surface area (Å²) in [7, 11) is 0. The van der Waals surface area contributed by atoms with Gasteiger partial charge in [0.2, 0.25) is 0 Å². The van der Waals surface area contributed by atoms with Crippen molar-refractivity contribution < 1.29 is 19.5 Å². The molecule has 1 heterocycles. The zero-order valence-corrected chi connectivity index (χ0v) is 9.36. The normalized spacial score (nSPS) is 10.4. The lowest BCUT2D eigenvalue weighted by Gasteiger charge is -1.99. The van der Waals surface area contributed by atoms with Crippen molar-refractivity contribution in [1.82, 2.24) is 10.5 Å². The summed E-state index contributed by atoms with van der Waals surface area (Å²) in [6.07, 6.45) is 0. The molecule has 6 nitrogen and oxygen atoms in total. The number of thiazole rings is 1. The summed E-state index contributed by atoms with van der Waals surface area (Å²) >= 11 is 1.21. The number of hydrogen-bond donors (Lipinski definition) is 2. The molecule has 1 amide bonds. The number of carboxylic acids is 1. The highest BCUT2D eigenvalue weighted by atomic mass is 32.1. The molecule has 17 heavy (non-hydrogen) atoms. The molecule has 0 aliphatic rings. The number of carbonyl (C=O) groups is 2. The number of nitrogens with zero attached hydrogens (tertiary/aromatic N) is 1. The Balaban J connectivity index is 2.06. The first-order valence-electron chi connectivity index (χ1n) is 4.66. The molecule has 0 aliphatic carbocycles.